The minimum absolute atomic E-state index is 0.0224. The second kappa shape index (κ2) is 13.5. The molecule has 0 saturated carbocycles. The number of pyridine rings is 1. The van der Waals surface area contributed by atoms with Crippen molar-refractivity contribution in [3.05, 3.63) is 132 Å². The molecule has 0 bridgehead atoms. The topological polar surface area (TPSA) is 74.9 Å². The molecule has 1 atom stereocenters. The third-order valence-electron chi connectivity index (χ3n) is 7.09. The van der Waals surface area contributed by atoms with Gasteiger partial charge in [-0.3, -0.25) is 0 Å². The molecular formula is C35H35N5O. The zero-order valence-electron chi connectivity index (χ0n) is 23.5. The summed E-state index contributed by atoms with van der Waals surface area (Å²) in [5.41, 5.74) is 8.64. The summed E-state index contributed by atoms with van der Waals surface area (Å²) in [5.74, 6) is 0.647. The lowest BCUT2D eigenvalue weighted by Gasteiger charge is -2.27. The second-order valence-corrected chi connectivity index (χ2v) is 10.1. The van der Waals surface area contributed by atoms with Gasteiger partial charge in [0.05, 0.1) is 23.9 Å². The van der Waals surface area contributed by atoms with Gasteiger partial charge in [-0.1, -0.05) is 60.7 Å². The lowest BCUT2D eigenvalue weighted by atomic mass is 10.1. The fourth-order valence-electron chi connectivity index (χ4n) is 4.87. The van der Waals surface area contributed by atoms with Crippen molar-refractivity contribution in [2.75, 3.05) is 25.0 Å². The molecule has 3 aromatic carbocycles. The Balaban J connectivity index is 0.000000500. The van der Waals surface area contributed by atoms with Gasteiger partial charge in [-0.15, -0.1) is 0 Å². The summed E-state index contributed by atoms with van der Waals surface area (Å²) in [4.78, 5) is 4.59. The van der Waals surface area contributed by atoms with Crippen LogP contribution < -0.4 is 15.4 Å². The minimum atomic E-state index is 0.0224. The van der Waals surface area contributed by atoms with Crippen LogP contribution in [0.4, 0.5) is 5.69 Å². The molecule has 0 radical (unpaired) electrons. The molecule has 0 spiro atoms. The van der Waals surface area contributed by atoms with Crippen LogP contribution in [-0.2, 0) is 6.42 Å². The standard InChI is InChI=1S/C29H29N5O.C6H6/c1-20-3-4-21(2)34(20)26-11-9-24(10-12-26)25-15-28-29(33-17-25)35-27(19-32-28)18-31-14-13-22-5-7-23(16-30)8-6-22;1-2-4-6-5-3-1/h3-12,15,17,27,31-32H,13-14,18-19H2,1-2H3;1-6H/t27-;/m1./s1. The predicted octanol–water partition coefficient (Wildman–Crippen LogP) is 6.72. The van der Waals surface area contributed by atoms with Crippen LogP contribution >= 0.6 is 0 Å². The van der Waals surface area contributed by atoms with Gasteiger partial charge in [-0.2, -0.15) is 5.26 Å². The molecule has 0 aliphatic carbocycles. The lowest BCUT2D eigenvalue weighted by molar-refractivity contribution is 0.194. The van der Waals surface area contributed by atoms with Crippen molar-refractivity contribution in [2.24, 2.45) is 0 Å². The number of nitrogens with zero attached hydrogens (tertiary/aromatic N) is 3. The molecule has 6 nitrogen and oxygen atoms in total. The maximum atomic E-state index is 8.90. The molecule has 3 heterocycles. The first-order chi connectivity index (χ1) is 20.1. The van der Waals surface area contributed by atoms with Gasteiger partial charge in [0.25, 0.3) is 0 Å². The first kappa shape index (κ1) is 27.7. The Morgan fingerprint density at radius 1 is 0.902 bits per heavy atom. The Kier molecular flexibility index (Phi) is 9.10. The molecule has 0 saturated heterocycles. The summed E-state index contributed by atoms with van der Waals surface area (Å²) < 4.78 is 8.38. The number of nitrogens with one attached hydrogen (secondary N) is 2. The molecular weight excluding hydrogens is 506 g/mol. The molecule has 0 unspecified atom stereocenters. The van der Waals surface area contributed by atoms with Crippen LogP contribution in [0.15, 0.2) is 109 Å². The van der Waals surface area contributed by atoms with Crippen molar-refractivity contribution in [3.8, 4) is 28.8 Å². The molecule has 1 aliphatic heterocycles. The molecule has 5 aromatic rings. The summed E-state index contributed by atoms with van der Waals surface area (Å²) >= 11 is 0. The summed E-state index contributed by atoms with van der Waals surface area (Å²) in [6.45, 7) is 6.57. The average Bonchev–Trinajstić information content (AvgIpc) is 3.37. The van der Waals surface area contributed by atoms with E-state index in [1.54, 1.807) is 0 Å². The fraction of sp³-hybridized carbons (Fsp3) is 0.200. The van der Waals surface area contributed by atoms with Gasteiger partial charge < -0.3 is 19.9 Å². The Hall–Kier alpha value is -4.86. The fourth-order valence-corrected chi connectivity index (χ4v) is 4.87. The maximum absolute atomic E-state index is 8.90. The normalized spacial score (nSPS) is 13.5. The van der Waals surface area contributed by atoms with Crippen molar-refractivity contribution >= 4 is 5.69 Å². The van der Waals surface area contributed by atoms with Crippen LogP contribution in [0.2, 0.25) is 0 Å². The van der Waals surface area contributed by atoms with E-state index in [2.05, 4.69) is 82.6 Å². The molecule has 2 aromatic heterocycles. The van der Waals surface area contributed by atoms with Crippen LogP contribution in [0.25, 0.3) is 16.8 Å². The number of hydrogen-bond donors (Lipinski definition) is 2. The highest BCUT2D eigenvalue weighted by atomic mass is 16.5. The third-order valence-corrected chi connectivity index (χ3v) is 7.09. The number of nitriles is 1. The van der Waals surface area contributed by atoms with E-state index >= 15 is 0 Å². The van der Waals surface area contributed by atoms with Crippen molar-refractivity contribution < 1.29 is 4.74 Å². The number of hydrogen-bond acceptors (Lipinski definition) is 5. The van der Waals surface area contributed by atoms with Crippen molar-refractivity contribution in [1.29, 1.82) is 5.26 Å². The minimum Gasteiger partial charge on any atom is -0.470 e. The molecule has 1 aliphatic rings. The highest BCUT2D eigenvalue weighted by molar-refractivity contribution is 5.70. The summed E-state index contributed by atoms with van der Waals surface area (Å²) in [6, 6.07) is 36.9. The van der Waals surface area contributed by atoms with Gasteiger partial charge in [0.2, 0.25) is 5.88 Å². The van der Waals surface area contributed by atoms with Gasteiger partial charge in [0.1, 0.15) is 6.10 Å². The molecule has 0 amide bonds. The summed E-state index contributed by atoms with van der Waals surface area (Å²) in [5, 5.41) is 15.8. The molecule has 2 N–H and O–H groups in total. The number of anilines is 1. The average molecular weight is 542 g/mol. The Morgan fingerprint density at radius 3 is 2.20 bits per heavy atom. The number of ether oxygens (including phenoxy) is 1. The second-order valence-electron chi connectivity index (χ2n) is 10.1. The Labute approximate surface area is 242 Å². The lowest BCUT2D eigenvalue weighted by Crippen LogP contribution is -2.40. The van der Waals surface area contributed by atoms with E-state index in [9.17, 15) is 0 Å². The quantitative estimate of drug-likeness (QED) is 0.224. The highest BCUT2D eigenvalue weighted by Crippen LogP contribution is 2.31. The van der Waals surface area contributed by atoms with Gasteiger partial charge in [-0.05, 0) is 80.4 Å². The van der Waals surface area contributed by atoms with E-state index in [0.717, 1.165) is 48.6 Å². The SMILES string of the molecule is Cc1ccc(C)n1-c1ccc(-c2cnc3c(c2)NC[C@@H](CNCCc2ccc(C#N)cc2)O3)cc1.c1ccccc1. The number of aromatic nitrogens is 2. The summed E-state index contributed by atoms with van der Waals surface area (Å²) in [6.07, 6.45) is 2.81. The molecule has 6 heteroatoms. The zero-order chi connectivity index (χ0) is 28.4. The van der Waals surface area contributed by atoms with E-state index in [0.29, 0.717) is 11.4 Å². The van der Waals surface area contributed by atoms with Crippen molar-refractivity contribution in [1.82, 2.24) is 14.9 Å². The van der Waals surface area contributed by atoms with Crippen LogP contribution in [0.5, 0.6) is 5.88 Å². The van der Waals surface area contributed by atoms with Crippen LogP contribution in [-0.4, -0.2) is 35.3 Å². The number of fused-ring (bicyclic) bond motifs is 1. The largest absolute Gasteiger partial charge is 0.470 e. The molecule has 206 valence electrons. The monoisotopic (exact) mass is 541 g/mol. The van der Waals surface area contributed by atoms with E-state index in [1.165, 1.54) is 17.0 Å². The maximum Gasteiger partial charge on any atom is 0.237 e. The number of benzene rings is 3. The van der Waals surface area contributed by atoms with E-state index in [-0.39, 0.29) is 6.10 Å². The third kappa shape index (κ3) is 7.21. The van der Waals surface area contributed by atoms with E-state index < -0.39 is 0 Å². The zero-order valence-corrected chi connectivity index (χ0v) is 23.5. The van der Waals surface area contributed by atoms with Gasteiger partial charge in [0, 0.05) is 35.4 Å². The molecule has 41 heavy (non-hydrogen) atoms. The van der Waals surface area contributed by atoms with Gasteiger partial charge >= 0.3 is 0 Å². The highest BCUT2D eigenvalue weighted by Gasteiger charge is 2.20. The van der Waals surface area contributed by atoms with Crippen LogP contribution in [0, 0.1) is 25.2 Å². The molecule has 6 rings (SSSR count). The predicted molar refractivity (Wildman–Crippen MR) is 166 cm³/mol. The number of aryl methyl sites for hydroxylation is 2. The first-order valence-corrected chi connectivity index (χ1v) is 14.0. The van der Waals surface area contributed by atoms with Gasteiger partial charge in [0.15, 0.2) is 0 Å². The van der Waals surface area contributed by atoms with E-state index in [1.807, 2.05) is 66.9 Å². The van der Waals surface area contributed by atoms with Crippen LogP contribution in [0.1, 0.15) is 22.5 Å². The molecule has 0 fully saturated rings. The van der Waals surface area contributed by atoms with E-state index in [4.69, 9.17) is 10.00 Å². The summed E-state index contributed by atoms with van der Waals surface area (Å²) in [7, 11) is 0. The van der Waals surface area contributed by atoms with Crippen molar-refractivity contribution in [2.45, 2.75) is 26.4 Å². The van der Waals surface area contributed by atoms with Gasteiger partial charge in [-0.25, -0.2) is 4.98 Å². The number of rotatable bonds is 7. The smallest absolute Gasteiger partial charge is 0.237 e. The Morgan fingerprint density at radius 2 is 1.56 bits per heavy atom. The Bertz CT molecular complexity index is 1540. The van der Waals surface area contributed by atoms with Crippen molar-refractivity contribution in [3.63, 3.8) is 0 Å². The van der Waals surface area contributed by atoms with Crippen LogP contribution in [0.3, 0.4) is 0 Å². The first-order valence-electron chi connectivity index (χ1n) is 14.0.